The van der Waals surface area contributed by atoms with Gasteiger partial charge in [-0.2, -0.15) is 0 Å². The highest BCUT2D eigenvalue weighted by Gasteiger charge is 2.12. The lowest BCUT2D eigenvalue weighted by Gasteiger charge is -2.15. The second-order valence-corrected chi connectivity index (χ2v) is 4.06. The van der Waals surface area contributed by atoms with Gasteiger partial charge in [0.1, 0.15) is 12.0 Å². The largest absolute Gasteiger partial charge is 0.467 e. The van der Waals surface area contributed by atoms with Gasteiger partial charge in [-0.15, -0.1) is 6.42 Å². The third-order valence-electron chi connectivity index (χ3n) is 2.42. The SMILES string of the molecule is C#CC(NCc1cc(C(=O)OC)co1)C(C)C. The fourth-order valence-corrected chi connectivity index (χ4v) is 1.40. The summed E-state index contributed by atoms with van der Waals surface area (Å²) in [4.78, 5) is 11.2. The minimum absolute atomic E-state index is 0.0123. The molecule has 0 amide bonds. The number of methoxy groups -OCH3 is 1. The normalized spacial score (nSPS) is 12.2. The summed E-state index contributed by atoms with van der Waals surface area (Å²) in [7, 11) is 1.33. The Hall–Kier alpha value is -1.73. The summed E-state index contributed by atoms with van der Waals surface area (Å²) in [6.45, 7) is 4.57. The van der Waals surface area contributed by atoms with E-state index in [0.717, 1.165) is 0 Å². The topological polar surface area (TPSA) is 51.5 Å². The Bertz CT molecular complexity index is 415. The van der Waals surface area contributed by atoms with Crippen molar-refractivity contribution in [2.45, 2.75) is 26.4 Å². The van der Waals surface area contributed by atoms with E-state index >= 15 is 0 Å². The average Bonchev–Trinajstić information content (AvgIpc) is 2.77. The molecule has 4 nitrogen and oxygen atoms in total. The number of carbonyl (C=O) groups is 1. The fourth-order valence-electron chi connectivity index (χ4n) is 1.40. The molecule has 0 radical (unpaired) electrons. The lowest BCUT2D eigenvalue weighted by molar-refractivity contribution is 0.0600. The molecule has 0 bridgehead atoms. The minimum Gasteiger partial charge on any atom is -0.467 e. The van der Waals surface area contributed by atoms with Crippen LogP contribution in [0.15, 0.2) is 16.7 Å². The van der Waals surface area contributed by atoms with Crippen molar-refractivity contribution < 1.29 is 13.9 Å². The molecule has 17 heavy (non-hydrogen) atoms. The second kappa shape index (κ2) is 6.12. The van der Waals surface area contributed by atoms with E-state index in [0.29, 0.717) is 23.8 Å². The van der Waals surface area contributed by atoms with Gasteiger partial charge in [-0.05, 0) is 12.0 Å². The summed E-state index contributed by atoms with van der Waals surface area (Å²) in [5, 5.41) is 3.17. The summed E-state index contributed by atoms with van der Waals surface area (Å²) < 4.78 is 9.81. The van der Waals surface area contributed by atoms with E-state index in [2.05, 4.69) is 16.0 Å². The Morgan fingerprint density at radius 2 is 2.35 bits per heavy atom. The zero-order chi connectivity index (χ0) is 12.8. The maximum absolute atomic E-state index is 11.2. The first-order chi connectivity index (χ1) is 8.08. The number of carbonyl (C=O) groups excluding carboxylic acids is 1. The number of nitrogens with one attached hydrogen (secondary N) is 1. The second-order valence-electron chi connectivity index (χ2n) is 4.06. The molecule has 1 N–H and O–H groups in total. The summed E-state index contributed by atoms with van der Waals surface area (Å²) in [5.74, 6) is 3.26. The summed E-state index contributed by atoms with van der Waals surface area (Å²) in [6.07, 6.45) is 6.77. The third-order valence-corrected chi connectivity index (χ3v) is 2.42. The van der Waals surface area contributed by atoms with E-state index in [1.807, 2.05) is 13.8 Å². The summed E-state index contributed by atoms with van der Waals surface area (Å²) in [6, 6.07) is 1.63. The van der Waals surface area contributed by atoms with Crippen LogP contribution in [0.2, 0.25) is 0 Å². The van der Waals surface area contributed by atoms with Crippen LogP contribution in [-0.2, 0) is 11.3 Å². The van der Waals surface area contributed by atoms with Gasteiger partial charge in [0.2, 0.25) is 0 Å². The number of ether oxygens (including phenoxy) is 1. The molecule has 1 heterocycles. The van der Waals surface area contributed by atoms with Crippen LogP contribution < -0.4 is 5.32 Å². The molecule has 1 unspecified atom stereocenters. The van der Waals surface area contributed by atoms with E-state index in [9.17, 15) is 4.79 Å². The molecule has 0 aromatic carbocycles. The Morgan fingerprint density at radius 1 is 1.65 bits per heavy atom. The van der Waals surface area contributed by atoms with Crippen molar-refractivity contribution in [1.29, 1.82) is 0 Å². The predicted octanol–water partition coefficient (Wildman–Crippen LogP) is 1.81. The van der Waals surface area contributed by atoms with Crippen molar-refractivity contribution in [2.75, 3.05) is 7.11 Å². The van der Waals surface area contributed by atoms with Crippen molar-refractivity contribution >= 4 is 5.97 Å². The maximum atomic E-state index is 11.2. The fraction of sp³-hybridized carbons (Fsp3) is 0.462. The predicted molar refractivity (Wildman–Crippen MR) is 64.3 cm³/mol. The number of hydrogen-bond acceptors (Lipinski definition) is 4. The first-order valence-corrected chi connectivity index (χ1v) is 5.43. The molecule has 1 aromatic rings. The van der Waals surface area contributed by atoms with E-state index in [-0.39, 0.29) is 6.04 Å². The number of hydrogen-bond donors (Lipinski definition) is 1. The molecular formula is C13H17NO3. The smallest absolute Gasteiger partial charge is 0.341 e. The van der Waals surface area contributed by atoms with Crippen LogP contribution in [0.25, 0.3) is 0 Å². The van der Waals surface area contributed by atoms with Gasteiger partial charge in [-0.25, -0.2) is 4.79 Å². The van der Waals surface area contributed by atoms with Crippen LogP contribution in [0.3, 0.4) is 0 Å². The van der Waals surface area contributed by atoms with Crippen molar-refractivity contribution in [2.24, 2.45) is 5.92 Å². The first-order valence-electron chi connectivity index (χ1n) is 5.43. The summed E-state index contributed by atoms with van der Waals surface area (Å²) in [5.41, 5.74) is 0.408. The molecular weight excluding hydrogens is 218 g/mol. The number of furan rings is 1. The van der Waals surface area contributed by atoms with E-state index < -0.39 is 5.97 Å². The zero-order valence-corrected chi connectivity index (χ0v) is 10.3. The highest BCUT2D eigenvalue weighted by molar-refractivity contribution is 5.88. The van der Waals surface area contributed by atoms with Crippen molar-refractivity contribution in [3.05, 3.63) is 23.7 Å². The zero-order valence-electron chi connectivity index (χ0n) is 10.3. The number of esters is 1. The minimum atomic E-state index is -0.405. The van der Waals surface area contributed by atoms with E-state index in [1.54, 1.807) is 6.07 Å². The monoisotopic (exact) mass is 235 g/mol. The third kappa shape index (κ3) is 3.65. The Kier molecular flexibility index (Phi) is 4.80. The van der Waals surface area contributed by atoms with Gasteiger partial charge in [-0.1, -0.05) is 19.8 Å². The van der Waals surface area contributed by atoms with Crippen LogP contribution in [0.4, 0.5) is 0 Å². The highest BCUT2D eigenvalue weighted by Crippen LogP contribution is 2.10. The Balaban J connectivity index is 2.56. The maximum Gasteiger partial charge on any atom is 0.341 e. The van der Waals surface area contributed by atoms with Gasteiger partial charge in [0.05, 0.1) is 25.3 Å². The Morgan fingerprint density at radius 3 is 2.88 bits per heavy atom. The van der Waals surface area contributed by atoms with Gasteiger partial charge >= 0.3 is 5.97 Å². The molecule has 92 valence electrons. The molecule has 0 aliphatic rings. The number of terminal acetylenes is 1. The molecule has 1 atom stereocenters. The molecule has 0 saturated carbocycles. The molecule has 1 aromatic heterocycles. The number of rotatable bonds is 5. The molecule has 0 fully saturated rings. The average molecular weight is 235 g/mol. The van der Waals surface area contributed by atoms with Gasteiger partial charge in [0.15, 0.2) is 0 Å². The lowest BCUT2D eigenvalue weighted by Crippen LogP contribution is -2.31. The quantitative estimate of drug-likeness (QED) is 0.624. The Labute approximate surface area is 101 Å². The van der Waals surface area contributed by atoms with Crippen LogP contribution in [0, 0.1) is 18.3 Å². The standard InChI is InChI=1S/C13H17NO3/c1-5-12(9(2)3)14-7-11-6-10(8-17-11)13(15)16-4/h1,6,8-9,12,14H,7H2,2-4H3. The van der Waals surface area contributed by atoms with Gasteiger partial charge < -0.3 is 9.15 Å². The van der Waals surface area contributed by atoms with Crippen molar-refractivity contribution in [1.82, 2.24) is 5.32 Å². The molecule has 4 heteroatoms. The highest BCUT2D eigenvalue weighted by atomic mass is 16.5. The molecule has 0 aliphatic carbocycles. The van der Waals surface area contributed by atoms with Crippen LogP contribution in [0.1, 0.15) is 30.0 Å². The lowest BCUT2D eigenvalue weighted by atomic mass is 10.1. The van der Waals surface area contributed by atoms with Crippen LogP contribution in [-0.4, -0.2) is 19.1 Å². The molecule has 0 aliphatic heterocycles. The van der Waals surface area contributed by atoms with Crippen LogP contribution >= 0.6 is 0 Å². The van der Waals surface area contributed by atoms with E-state index in [4.69, 9.17) is 10.8 Å². The van der Waals surface area contributed by atoms with Gasteiger partial charge in [0.25, 0.3) is 0 Å². The van der Waals surface area contributed by atoms with Crippen molar-refractivity contribution in [3.63, 3.8) is 0 Å². The van der Waals surface area contributed by atoms with Crippen LogP contribution in [0.5, 0.6) is 0 Å². The molecule has 0 spiro atoms. The van der Waals surface area contributed by atoms with Crippen molar-refractivity contribution in [3.8, 4) is 12.3 Å². The van der Waals surface area contributed by atoms with Gasteiger partial charge in [-0.3, -0.25) is 5.32 Å². The van der Waals surface area contributed by atoms with E-state index in [1.165, 1.54) is 13.4 Å². The first kappa shape index (κ1) is 13.3. The molecule has 1 rings (SSSR count). The molecule has 0 saturated heterocycles. The summed E-state index contributed by atoms with van der Waals surface area (Å²) >= 11 is 0. The van der Waals surface area contributed by atoms with Gasteiger partial charge in [0, 0.05) is 0 Å².